The minimum Gasteiger partial charge on any atom is -0.377 e. The summed E-state index contributed by atoms with van der Waals surface area (Å²) in [7, 11) is -3.07. The van der Waals surface area contributed by atoms with Crippen molar-refractivity contribution in [2.75, 3.05) is 36.7 Å². The van der Waals surface area contributed by atoms with Crippen molar-refractivity contribution in [1.29, 1.82) is 0 Å². The zero-order valence-corrected chi connectivity index (χ0v) is 14.5. The molecular formula is C14H21N3O3S2. The molecule has 2 aliphatic rings. The van der Waals surface area contributed by atoms with E-state index in [-0.39, 0.29) is 11.8 Å². The molecular weight excluding hydrogens is 322 g/mol. The van der Waals surface area contributed by atoms with Gasteiger partial charge in [0.25, 0.3) is 0 Å². The van der Waals surface area contributed by atoms with Crippen LogP contribution in [0, 0.1) is 0 Å². The Kier molecular flexibility index (Phi) is 4.61. The molecule has 0 bridgehead atoms. The van der Waals surface area contributed by atoms with Crippen molar-refractivity contribution in [3.63, 3.8) is 0 Å². The highest BCUT2D eigenvalue weighted by atomic mass is 32.2. The summed E-state index contributed by atoms with van der Waals surface area (Å²) in [6.07, 6.45) is 3.29. The van der Waals surface area contributed by atoms with Gasteiger partial charge in [-0.05, 0) is 26.0 Å². The Labute approximate surface area is 135 Å². The van der Waals surface area contributed by atoms with E-state index >= 15 is 0 Å². The molecule has 0 spiro atoms. The van der Waals surface area contributed by atoms with E-state index in [2.05, 4.69) is 21.8 Å². The fourth-order valence-corrected chi connectivity index (χ4v) is 5.27. The number of sulfone groups is 1. The van der Waals surface area contributed by atoms with Crippen LogP contribution in [0.25, 0.3) is 0 Å². The summed E-state index contributed by atoms with van der Waals surface area (Å²) in [6, 6.07) is 2.08. The third kappa shape index (κ3) is 3.09. The summed E-state index contributed by atoms with van der Waals surface area (Å²) >= 11 is 1.45. The number of aromatic nitrogens is 2. The highest BCUT2D eigenvalue weighted by Gasteiger charge is 2.35. The smallest absolute Gasteiger partial charge is 0.189 e. The van der Waals surface area contributed by atoms with Gasteiger partial charge in [0.05, 0.1) is 30.7 Å². The van der Waals surface area contributed by atoms with Crippen molar-refractivity contribution in [1.82, 2.24) is 9.97 Å². The number of hydrogen-bond acceptors (Lipinski definition) is 7. The van der Waals surface area contributed by atoms with Crippen LogP contribution < -0.4 is 4.90 Å². The van der Waals surface area contributed by atoms with E-state index in [0.29, 0.717) is 30.5 Å². The van der Waals surface area contributed by atoms with Crippen molar-refractivity contribution < 1.29 is 13.2 Å². The van der Waals surface area contributed by atoms with Gasteiger partial charge < -0.3 is 9.64 Å². The minimum atomic E-state index is -3.07. The molecule has 122 valence electrons. The van der Waals surface area contributed by atoms with Crippen molar-refractivity contribution in [3.8, 4) is 0 Å². The van der Waals surface area contributed by atoms with Crippen LogP contribution in [0.1, 0.15) is 30.7 Å². The Morgan fingerprint density at radius 3 is 2.86 bits per heavy atom. The summed E-state index contributed by atoms with van der Waals surface area (Å²) in [5, 5.41) is 0.157. The van der Waals surface area contributed by atoms with E-state index in [1.165, 1.54) is 11.8 Å². The molecule has 0 N–H and O–H groups in total. The molecule has 1 aromatic rings. The second kappa shape index (κ2) is 6.33. The molecule has 2 fully saturated rings. The molecule has 2 saturated heterocycles. The molecule has 0 amide bonds. The molecule has 0 saturated carbocycles. The van der Waals surface area contributed by atoms with Gasteiger partial charge in [-0.15, -0.1) is 0 Å². The van der Waals surface area contributed by atoms with E-state index in [1.54, 1.807) is 0 Å². The van der Waals surface area contributed by atoms with Gasteiger partial charge in [-0.3, -0.25) is 0 Å². The lowest BCUT2D eigenvalue weighted by molar-refractivity contribution is 0.0984. The van der Waals surface area contributed by atoms with Gasteiger partial charge in [0.2, 0.25) is 0 Å². The van der Waals surface area contributed by atoms with Crippen molar-refractivity contribution >= 4 is 27.4 Å². The molecule has 2 aliphatic heterocycles. The Bertz CT molecular complexity index is 651. The van der Waals surface area contributed by atoms with Crippen LogP contribution in [0.4, 0.5) is 5.82 Å². The zero-order valence-electron chi connectivity index (χ0n) is 12.9. The Morgan fingerprint density at radius 1 is 1.41 bits per heavy atom. The maximum Gasteiger partial charge on any atom is 0.189 e. The van der Waals surface area contributed by atoms with Crippen molar-refractivity contribution in [3.05, 3.63) is 11.8 Å². The fraction of sp³-hybridized carbons (Fsp3) is 0.714. The second-order valence-electron chi connectivity index (χ2n) is 5.75. The van der Waals surface area contributed by atoms with E-state index < -0.39 is 15.1 Å². The van der Waals surface area contributed by atoms with Crippen LogP contribution in [-0.4, -0.2) is 56.2 Å². The molecule has 0 aliphatic carbocycles. The number of ether oxygens (including phenoxy) is 1. The first kappa shape index (κ1) is 16.0. The van der Waals surface area contributed by atoms with Crippen LogP contribution >= 0.6 is 11.8 Å². The first-order valence-electron chi connectivity index (χ1n) is 7.50. The monoisotopic (exact) mass is 343 g/mol. The van der Waals surface area contributed by atoms with Gasteiger partial charge in [-0.2, -0.15) is 0 Å². The first-order valence-corrected chi connectivity index (χ1v) is 10.4. The molecule has 1 unspecified atom stereocenters. The molecule has 8 heteroatoms. The first-order chi connectivity index (χ1) is 10.5. The van der Waals surface area contributed by atoms with E-state index in [0.717, 1.165) is 18.8 Å². The Morgan fingerprint density at radius 2 is 2.23 bits per heavy atom. The van der Waals surface area contributed by atoms with Crippen LogP contribution in [0.5, 0.6) is 0 Å². The van der Waals surface area contributed by atoms with Gasteiger partial charge in [0, 0.05) is 12.6 Å². The highest BCUT2D eigenvalue weighted by molar-refractivity contribution is 7.98. The number of nitrogens with zero attached hydrogens (tertiary/aromatic N) is 3. The third-order valence-electron chi connectivity index (χ3n) is 4.21. The van der Waals surface area contributed by atoms with Crippen LogP contribution in [0.2, 0.25) is 0 Å². The molecule has 2 atom stereocenters. The zero-order chi connectivity index (χ0) is 15.7. The van der Waals surface area contributed by atoms with E-state index in [9.17, 15) is 8.42 Å². The lowest BCUT2D eigenvalue weighted by Gasteiger charge is -2.34. The van der Waals surface area contributed by atoms with E-state index in [4.69, 9.17) is 4.74 Å². The predicted octanol–water partition coefficient (Wildman–Crippen LogP) is 1.67. The number of thioether (sulfide) groups is 1. The Balaban J connectivity index is 1.99. The van der Waals surface area contributed by atoms with Crippen molar-refractivity contribution in [2.45, 2.75) is 36.2 Å². The summed E-state index contributed by atoms with van der Waals surface area (Å²) in [5.74, 6) is 1.08. The predicted molar refractivity (Wildman–Crippen MR) is 87.2 cm³/mol. The standard InChI is InChI=1S/C14H21N3O3S2/c1-10-9-20-6-5-17(10)13-8-11(15-14(16-13)21-2)12-4-3-7-22(12,18)19/h8,10,12H,3-7,9H2,1-2H3/t10-,12?/m1/s1. The molecule has 22 heavy (non-hydrogen) atoms. The molecule has 3 rings (SSSR count). The lowest BCUT2D eigenvalue weighted by Crippen LogP contribution is -2.44. The highest BCUT2D eigenvalue weighted by Crippen LogP contribution is 2.35. The quantitative estimate of drug-likeness (QED) is 0.610. The third-order valence-corrected chi connectivity index (χ3v) is 6.96. The van der Waals surface area contributed by atoms with Crippen LogP contribution in [-0.2, 0) is 14.6 Å². The SMILES string of the molecule is CSc1nc(C2CCCS2(=O)=O)cc(N2CCOC[C@H]2C)n1. The second-order valence-corrected chi connectivity index (χ2v) is 8.83. The van der Waals surface area contributed by atoms with E-state index in [1.807, 2.05) is 12.3 Å². The maximum atomic E-state index is 12.2. The van der Waals surface area contributed by atoms with Crippen LogP contribution in [0.3, 0.4) is 0 Å². The number of hydrogen-bond donors (Lipinski definition) is 0. The number of morpholine rings is 1. The van der Waals surface area contributed by atoms with Gasteiger partial charge in [-0.1, -0.05) is 11.8 Å². The average Bonchev–Trinajstić information content (AvgIpc) is 2.86. The number of rotatable bonds is 3. The summed E-state index contributed by atoms with van der Waals surface area (Å²) in [5.41, 5.74) is 0.644. The molecule has 1 aromatic heterocycles. The van der Waals surface area contributed by atoms with Gasteiger partial charge in [0.1, 0.15) is 11.1 Å². The van der Waals surface area contributed by atoms with Gasteiger partial charge in [-0.25, -0.2) is 18.4 Å². The molecule has 0 radical (unpaired) electrons. The normalized spacial score (nSPS) is 28.0. The molecule has 3 heterocycles. The van der Waals surface area contributed by atoms with Crippen molar-refractivity contribution in [2.24, 2.45) is 0 Å². The largest absolute Gasteiger partial charge is 0.377 e. The van der Waals surface area contributed by atoms with Gasteiger partial charge >= 0.3 is 0 Å². The molecule has 0 aromatic carbocycles. The molecule has 6 nitrogen and oxygen atoms in total. The fourth-order valence-electron chi connectivity index (χ4n) is 3.02. The summed E-state index contributed by atoms with van der Waals surface area (Å²) in [6.45, 7) is 4.19. The lowest BCUT2D eigenvalue weighted by atomic mass is 10.2. The minimum absolute atomic E-state index is 0.228. The maximum absolute atomic E-state index is 12.2. The summed E-state index contributed by atoms with van der Waals surface area (Å²) in [4.78, 5) is 11.2. The van der Waals surface area contributed by atoms with Gasteiger partial charge in [0.15, 0.2) is 15.0 Å². The Hall–Kier alpha value is -0.860. The van der Waals surface area contributed by atoms with Crippen LogP contribution in [0.15, 0.2) is 11.2 Å². The number of anilines is 1. The summed E-state index contributed by atoms with van der Waals surface area (Å²) < 4.78 is 29.9. The average molecular weight is 343 g/mol. The topological polar surface area (TPSA) is 72.4 Å².